The topological polar surface area (TPSA) is 83.3 Å². The highest BCUT2D eigenvalue weighted by atomic mass is 16.1. The average molecular weight is 271 g/mol. The van der Waals surface area contributed by atoms with E-state index in [1.807, 2.05) is 43.3 Å². The number of amides is 1. The molecule has 0 aliphatic rings. The molecular formula is C14H17N5O. The summed E-state index contributed by atoms with van der Waals surface area (Å²) in [4.78, 5) is 18.0. The maximum atomic E-state index is 12.0. The van der Waals surface area contributed by atoms with E-state index in [1.54, 1.807) is 12.1 Å². The molecule has 0 saturated heterocycles. The summed E-state index contributed by atoms with van der Waals surface area (Å²) in [5.41, 5.74) is 5.24. The third-order valence-corrected chi connectivity index (χ3v) is 2.80. The minimum Gasteiger partial charge on any atom is -0.378 e. The number of pyridine rings is 1. The van der Waals surface area contributed by atoms with E-state index >= 15 is 0 Å². The molecule has 2 aromatic rings. The number of nitrogens with two attached hydrogens (primary N) is 1. The summed E-state index contributed by atoms with van der Waals surface area (Å²) in [6.45, 7) is 0. The standard InChI is InChI=1S/C14H17N5O/c1-19(2)12-6-3-10(4-7-12)17-14(20)13-8-5-11(18-15)9-16-13/h3-9,18H,15H2,1-2H3,(H,17,20). The van der Waals surface area contributed by atoms with Crippen LogP contribution in [0.25, 0.3) is 0 Å². The fraction of sp³-hybridized carbons (Fsp3) is 0.143. The van der Waals surface area contributed by atoms with Gasteiger partial charge in [0.2, 0.25) is 0 Å². The van der Waals surface area contributed by atoms with Gasteiger partial charge in [0, 0.05) is 25.5 Å². The molecule has 0 aliphatic heterocycles. The first-order chi connectivity index (χ1) is 9.60. The van der Waals surface area contributed by atoms with Gasteiger partial charge in [0.1, 0.15) is 5.69 Å². The van der Waals surface area contributed by atoms with Crippen LogP contribution >= 0.6 is 0 Å². The van der Waals surface area contributed by atoms with Crippen molar-refractivity contribution in [3.8, 4) is 0 Å². The number of aromatic nitrogens is 1. The summed E-state index contributed by atoms with van der Waals surface area (Å²) < 4.78 is 0. The number of rotatable bonds is 4. The highest BCUT2D eigenvalue weighted by molar-refractivity contribution is 6.03. The molecular weight excluding hydrogens is 254 g/mol. The molecule has 6 heteroatoms. The van der Waals surface area contributed by atoms with Gasteiger partial charge in [0.05, 0.1) is 11.9 Å². The number of anilines is 3. The zero-order valence-electron chi connectivity index (χ0n) is 11.4. The van der Waals surface area contributed by atoms with Crippen molar-refractivity contribution in [2.24, 2.45) is 5.84 Å². The number of hydrogen-bond donors (Lipinski definition) is 3. The van der Waals surface area contributed by atoms with Crippen molar-refractivity contribution < 1.29 is 4.79 Å². The molecule has 0 aliphatic carbocycles. The molecule has 0 unspecified atom stereocenters. The van der Waals surface area contributed by atoms with Crippen molar-refractivity contribution >= 4 is 23.0 Å². The van der Waals surface area contributed by atoms with Crippen molar-refractivity contribution in [2.45, 2.75) is 0 Å². The Morgan fingerprint density at radius 1 is 1.10 bits per heavy atom. The summed E-state index contributed by atoms with van der Waals surface area (Å²) in [7, 11) is 3.93. The first kappa shape index (κ1) is 13.8. The van der Waals surface area contributed by atoms with Crippen LogP contribution in [-0.2, 0) is 0 Å². The summed E-state index contributed by atoms with van der Waals surface area (Å²) in [6, 6.07) is 10.9. The highest BCUT2D eigenvalue weighted by Gasteiger charge is 2.07. The van der Waals surface area contributed by atoms with Crippen LogP contribution in [0, 0.1) is 0 Å². The molecule has 0 radical (unpaired) electrons. The zero-order chi connectivity index (χ0) is 14.5. The smallest absolute Gasteiger partial charge is 0.274 e. The Balaban J connectivity index is 2.06. The first-order valence-electron chi connectivity index (χ1n) is 6.11. The Hall–Kier alpha value is -2.60. The van der Waals surface area contributed by atoms with Crippen molar-refractivity contribution in [2.75, 3.05) is 29.7 Å². The zero-order valence-corrected chi connectivity index (χ0v) is 11.4. The Labute approximate surface area is 117 Å². The molecule has 1 aromatic carbocycles. The quantitative estimate of drug-likeness (QED) is 0.582. The fourth-order valence-corrected chi connectivity index (χ4v) is 1.65. The van der Waals surface area contributed by atoms with E-state index in [4.69, 9.17) is 5.84 Å². The number of benzene rings is 1. The lowest BCUT2D eigenvalue weighted by molar-refractivity contribution is 0.102. The molecule has 1 aromatic heterocycles. The van der Waals surface area contributed by atoms with E-state index in [0.717, 1.165) is 11.4 Å². The minimum atomic E-state index is -0.258. The van der Waals surface area contributed by atoms with Crippen LogP contribution in [0.1, 0.15) is 10.5 Å². The molecule has 0 fully saturated rings. The predicted molar refractivity (Wildman–Crippen MR) is 80.8 cm³/mol. The van der Waals surface area contributed by atoms with Gasteiger partial charge in [-0.2, -0.15) is 0 Å². The van der Waals surface area contributed by atoms with E-state index in [9.17, 15) is 4.79 Å². The lowest BCUT2D eigenvalue weighted by Crippen LogP contribution is -2.14. The molecule has 1 heterocycles. The van der Waals surface area contributed by atoms with Gasteiger partial charge in [-0.25, -0.2) is 4.98 Å². The second-order valence-electron chi connectivity index (χ2n) is 4.47. The van der Waals surface area contributed by atoms with E-state index in [1.165, 1.54) is 6.20 Å². The van der Waals surface area contributed by atoms with Crippen molar-refractivity contribution in [3.63, 3.8) is 0 Å². The number of carbonyl (C=O) groups excluding carboxylic acids is 1. The average Bonchev–Trinajstić information content (AvgIpc) is 2.48. The molecule has 0 spiro atoms. The largest absolute Gasteiger partial charge is 0.378 e. The fourth-order valence-electron chi connectivity index (χ4n) is 1.65. The van der Waals surface area contributed by atoms with Crippen LogP contribution < -0.4 is 21.5 Å². The maximum absolute atomic E-state index is 12.0. The maximum Gasteiger partial charge on any atom is 0.274 e. The number of nitrogen functional groups attached to an aromatic ring is 1. The molecule has 6 nitrogen and oxygen atoms in total. The van der Waals surface area contributed by atoms with E-state index in [2.05, 4.69) is 15.7 Å². The van der Waals surface area contributed by atoms with E-state index in [0.29, 0.717) is 11.4 Å². The van der Waals surface area contributed by atoms with Crippen LogP contribution in [0.4, 0.5) is 17.1 Å². The molecule has 2 rings (SSSR count). The predicted octanol–water partition coefficient (Wildman–Crippen LogP) is 1.69. The molecule has 0 atom stereocenters. The third kappa shape index (κ3) is 3.24. The van der Waals surface area contributed by atoms with Gasteiger partial charge in [0.15, 0.2) is 0 Å². The van der Waals surface area contributed by atoms with Crippen LogP contribution in [-0.4, -0.2) is 25.0 Å². The molecule has 20 heavy (non-hydrogen) atoms. The highest BCUT2D eigenvalue weighted by Crippen LogP contribution is 2.16. The normalized spacial score (nSPS) is 9.95. The van der Waals surface area contributed by atoms with E-state index in [-0.39, 0.29) is 5.91 Å². The lowest BCUT2D eigenvalue weighted by atomic mass is 10.2. The molecule has 104 valence electrons. The van der Waals surface area contributed by atoms with Crippen LogP contribution in [0.5, 0.6) is 0 Å². The Kier molecular flexibility index (Phi) is 4.17. The second kappa shape index (κ2) is 6.03. The van der Waals surface area contributed by atoms with Gasteiger partial charge in [-0.15, -0.1) is 0 Å². The van der Waals surface area contributed by atoms with Crippen molar-refractivity contribution in [1.29, 1.82) is 0 Å². The number of nitrogens with one attached hydrogen (secondary N) is 2. The summed E-state index contributed by atoms with van der Waals surface area (Å²) >= 11 is 0. The van der Waals surface area contributed by atoms with Crippen molar-refractivity contribution in [1.82, 2.24) is 4.98 Å². The Bertz CT molecular complexity index is 578. The number of hydrazine groups is 1. The lowest BCUT2D eigenvalue weighted by Gasteiger charge is -2.13. The molecule has 0 bridgehead atoms. The van der Waals surface area contributed by atoms with Crippen LogP contribution in [0.2, 0.25) is 0 Å². The van der Waals surface area contributed by atoms with Gasteiger partial charge < -0.3 is 15.6 Å². The monoisotopic (exact) mass is 271 g/mol. The minimum absolute atomic E-state index is 0.258. The van der Waals surface area contributed by atoms with Gasteiger partial charge in [-0.05, 0) is 36.4 Å². The second-order valence-corrected chi connectivity index (χ2v) is 4.47. The summed E-state index contributed by atoms with van der Waals surface area (Å²) in [5.74, 6) is 4.99. The molecule has 1 amide bonds. The summed E-state index contributed by atoms with van der Waals surface area (Å²) in [5, 5.41) is 2.79. The van der Waals surface area contributed by atoms with Gasteiger partial charge >= 0.3 is 0 Å². The number of carbonyl (C=O) groups is 1. The SMILES string of the molecule is CN(C)c1ccc(NC(=O)c2ccc(NN)cn2)cc1. The van der Waals surface area contributed by atoms with E-state index < -0.39 is 0 Å². The Morgan fingerprint density at radius 2 is 1.75 bits per heavy atom. The van der Waals surface area contributed by atoms with Gasteiger partial charge in [-0.1, -0.05) is 0 Å². The third-order valence-electron chi connectivity index (χ3n) is 2.80. The van der Waals surface area contributed by atoms with Gasteiger partial charge in [0.25, 0.3) is 5.91 Å². The van der Waals surface area contributed by atoms with Crippen LogP contribution in [0.3, 0.4) is 0 Å². The van der Waals surface area contributed by atoms with Crippen LogP contribution in [0.15, 0.2) is 42.6 Å². The molecule has 0 saturated carbocycles. The number of hydrogen-bond acceptors (Lipinski definition) is 5. The first-order valence-corrected chi connectivity index (χ1v) is 6.11. The van der Waals surface area contributed by atoms with Crippen molar-refractivity contribution in [3.05, 3.63) is 48.3 Å². The summed E-state index contributed by atoms with van der Waals surface area (Å²) in [6.07, 6.45) is 1.50. The van der Waals surface area contributed by atoms with Gasteiger partial charge in [-0.3, -0.25) is 10.6 Å². The molecule has 4 N–H and O–H groups in total. The Morgan fingerprint density at radius 3 is 2.25 bits per heavy atom. The number of nitrogens with zero attached hydrogens (tertiary/aromatic N) is 2.